The van der Waals surface area contributed by atoms with E-state index in [4.69, 9.17) is 11.6 Å². The average molecular weight is 469 g/mol. The predicted molar refractivity (Wildman–Crippen MR) is 124 cm³/mol. The Morgan fingerprint density at radius 3 is 2.67 bits per heavy atom. The average Bonchev–Trinajstić information content (AvgIpc) is 3.18. The van der Waals surface area contributed by atoms with Crippen molar-refractivity contribution in [2.75, 3.05) is 5.32 Å². The topological polar surface area (TPSA) is 97.9 Å². The van der Waals surface area contributed by atoms with E-state index in [0.29, 0.717) is 22.8 Å². The number of aromatic nitrogens is 5. The zero-order valence-corrected chi connectivity index (χ0v) is 18.7. The van der Waals surface area contributed by atoms with E-state index in [0.717, 1.165) is 5.82 Å². The molecule has 0 saturated heterocycles. The molecule has 3 aromatic heterocycles. The normalized spacial score (nSPS) is 13.0. The van der Waals surface area contributed by atoms with E-state index < -0.39 is 18.0 Å². The number of nitrogens with one attached hydrogen (secondary N) is 1. The van der Waals surface area contributed by atoms with Gasteiger partial charge < -0.3 is 15.0 Å². The molecule has 10 heteroatoms. The van der Waals surface area contributed by atoms with Gasteiger partial charge in [0.25, 0.3) is 5.56 Å². The van der Waals surface area contributed by atoms with Gasteiger partial charge in [-0.05, 0) is 43.2 Å². The smallest absolute Gasteiger partial charge is 0.251 e. The molecule has 0 bridgehead atoms. The fourth-order valence-electron chi connectivity index (χ4n) is 3.55. The third-order valence-electron chi connectivity index (χ3n) is 5.19. The van der Waals surface area contributed by atoms with E-state index in [-0.39, 0.29) is 17.0 Å². The molecule has 0 aliphatic rings. The molecule has 0 radical (unpaired) electrons. The summed E-state index contributed by atoms with van der Waals surface area (Å²) in [6, 6.07) is 10.5. The summed E-state index contributed by atoms with van der Waals surface area (Å²) in [5.74, 6) is 0.506. The van der Waals surface area contributed by atoms with Crippen LogP contribution in [-0.2, 0) is 7.05 Å². The molecule has 0 aliphatic carbocycles. The van der Waals surface area contributed by atoms with Crippen LogP contribution in [0.25, 0.3) is 11.3 Å². The number of halogens is 2. The Morgan fingerprint density at radius 2 is 2.00 bits per heavy atom. The van der Waals surface area contributed by atoms with E-state index >= 15 is 0 Å². The van der Waals surface area contributed by atoms with E-state index in [2.05, 4.69) is 20.4 Å². The predicted octanol–water partition coefficient (Wildman–Crippen LogP) is 3.94. The number of aliphatic hydroxyl groups excluding tert-OH is 1. The van der Waals surface area contributed by atoms with Crippen molar-refractivity contribution in [1.82, 2.24) is 24.3 Å². The highest BCUT2D eigenvalue weighted by molar-refractivity contribution is 6.30. The van der Waals surface area contributed by atoms with Crippen LogP contribution in [0.3, 0.4) is 0 Å². The first-order chi connectivity index (χ1) is 15.8. The van der Waals surface area contributed by atoms with Crippen LogP contribution in [0, 0.1) is 5.82 Å². The molecule has 1 aromatic carbocycles. The Morgan fingerprint density at radius 1 is 1.18 bits per heavy atom. The van der Waals surface area contributed by atoms with Gasteiger partial charge in [0.1, 0.15) is 11.6 Å². The molecule has 0 saturated carbocycles. The van der Waals surface area contributed by atoms with Crippen LogP contribution in [0.5, 0.6) is 0 Å². The fourth-order valence-corrected chi connectivity index (χ4v) is 3.67. The van der Waals surface area contributed by atoms with Gasteiger partial charge >= 0.3 is 0 Å². The second-order valence-electron chi connectivity index (χ2n) is 7.67. The molecule has 0 aliphatic heterocycles. The minimum atomic E-state index is -0.706. The maximum Gasteiger partial charge on any atom is 0.251 e. The number of hydrogen-bond acceptors (Lipinski definition) is 6. The number of hydrogen-bond donors (Lipinski definition) is 2. The van der Waals surface area contributed by atoms with E-state index in [1.54, 1.807) is 61.5 Å². The minimum Gasteiger partial charge on any atom is -0.393 e. The highest BCUT2D eigenvalue weighted by atomic mass is 35.5. The SMILES string of the molecule is C[C@@H](O)C[C@@H](c1ccc(Cl)c(F)c1)n1ccc(-c2ccnc(Nc3ccnn3C)n2)cc1=O. The second kappa shape index (κ2) is 9.51. The molecular weight excluding hydrogens is 447 g/mol. The molecule has 2 atom stereocenters. The van der Waals surface area contributed by atoms with E-state index in [1.165, 1.54) is 22.8 Å². The van der Waals surface area contributed by atoms with Crippen LogP contribution >= 0.6 is 11.6 Å². The lowest BCUT2D eigenvalue weighted by Gasteiger charge is -2.22. The second-order valence-corrected chi connectivity index (χ2v) is 8.07. The summed E-state index contributed by atoms with van der Waals surface area (Å²) >= 11 is 5.81. The number of rotatable bonds is 7. The Labute approximate surface area is 194 Å². The minimum absolute atomic E-state index is 0.00320. The summed E-state index contributed by atoms with van der Waals surface area (Å²) in [6.45, 7) is 1.62. The van der Waals surface area contributed by atoms with Gasteiger partial charge in [-0.3, -0.25) is 9.48 Å². The van der Waals surface area contributed by atoms with E-state index in [1.807, 2.05) is 0 Å². The van der Waals surface area contributed by atoms with Crippen LogP contribution in [0.15, 0.2) is 65.8 Å². The number of nitrogens with zero attached hydrogens (tertiary/aromatic N) is 5. The van der Waals surface area contributed by atoms with Crippen LogP contribution in [0.2, 0.25) is 5.02 Å². The molecule has 4 aromatic rings. The summed E-state index contributed by atoms with van der Waals surface area (Å²) in [5.41, 5.74) is 1.39. The molecule has 0 unspecified atom stereocenters. The summed E-state index contributed by atoms with van der Waals surface area (Å²) in [4.78, 5) is 21.7. The monoisotopic (exact) mass is 468 g/mol. The maximum atomic E-state index is 14.1. The van der Waals surface area contributed by atoms with Gasteiger partial charge in [0.15, 0.2) is 0 Å². The summed E-state index contributed by atoms with van der Waals surface area (Å²) in [5, 5.41) is 17.2. The molecule has 4 rings (SSSR count). The lowest BCUT2D eigenvalue weighted by molar-refractivity contribution is 0.168. The van der Waals surface area contributed by atoms with Gasteiger partial charge in [-0.1, -0.05) is 17.7 Å². The quantitative estimate of drug-likeness (QED) is 0.426. The number of aliphatic hydroxyl groups is 1. The first-order valence-corrected chi connectivity index (χ1v) is 10.6. The largest absolute Gasteiger partial charge is 0.393 e. The zero-order chi connectivity index (χ0) is 23.5. The van der Waals surface area contributed by atoms with Crippen LogP contribution < -0.4 is 10.9 Å². The molecule has 0 amide bonds. The van der Waals surface area contributed by atoms with Crippen LogP contribution in [0.1, 0.15) is 24.9 Å². The zero-order valence-electron chi connectivity index (χ0n) is 18.0. The molecule has 33 heavy (non-hydrogen) atoms. The molecule has 8 nitrogen and oxygen atoms in total. The third-order valence-corrected chi connectivity index (χ3v) is 5.50. The molecule has 3 heterocycles. The molecule has 0 spiro atoms. The van der Waals surface area contributed by atoms with Gasteiger partial charge in [-0.15, -0.1) is 0 Å². The van der Waals surface area contributed by atoms with Gasteiger partial charge in [-0.2, -0.15) is 5.10 Å². The molecule has 170 valence electrons. The highest BCUT2D eigenvalue weighted by Gasteiger charge is 2.19. The Kier molecular flexibility index (Phi) is 6.52. The number of aryl methyl sites for hydroxylation is 1. The molecular formula is C23H22ClFN6O2. The Hall–Kier alpha value is -3.56. The van der Waals surface area contributed by atoms with Crippen molar-refractivity contribution in [3.63, 3.8) is 0 Å². The standard InChI is InChI=1S/C23H22ClFN6O2/c1-14(32)11-20(16-3-4-17(24)18(25)12-16)31-10-7-15(13-22(31)33)19-5-8-26-23(28-19)29-21-6-9-27-30(21)2/h3-10,12-14,20,32H,11H2,1-2H3,(H,26,28,29)/t14-,20+/m1/s1. The van der Waals surface area contributed by atoms with Gasteiger partial charge in [-0.25, -0.2) is 14.4 Å². The van der Waals surface area contributed by atoms with Gasteiger partial charge in [0, 0.05) is 37.1 Å². The summed E-state index contributed by atoms with van der Waals surface area (Å²) in [7, 11) is 1.79. The number of anilines is 2. The van der Waals surface area contributed by atoms with Crippen molar-refractivity contribution in [2.45, 2.75) is 25.5 Å². The lowest BCUT2D eigenvalue weighted by Crippen LogP contribution is -2.27. The van der Waals surface area contributed by atoms with E-state index in [9.17, 15) is 14.3 Å². The molecule has 2 N–H and O–H groups in total. The first-order valence-electron chi connectivity index (χ1n) is 10.3. The summed E-state index contributed by atoms with van der Waals surface area (Å²) in [6.07, 6.45) is 4.39. The van der Waals surface area contributed by atoms with Crippen LogP contribution in [0.4, 0.5) is 16.2 Å². The Balaban J connectivity index is 1.67. The lowest BCUT2D eigenvalue weighted by atomic mass is 10.00. The first kappa shape index (κ1) is 22.6. The van der Waals surface area contributed by atoms with Crippen molar-refractivity contribution >= 4 is 23.4 Å². The van der Waals surface area contributed by atoms with Crippen molar-refractivity contribution in [2.24, 2.45) is 7.05 Å². The number of pyridine rings is 1. The van der Waals surface area contributed by atoms with Crippen molar-refractivity contribution < 1.29 is 9.50 Å². The third kappa shape index (κ3) is 5.10. The van der Waals surface area contributed by atoms with Crippen molar-refractivity contribution in [1.29, 1.82) is 0 Å². The van der Waals surface area contributed by atoms with Gasteiger partial charge in [0.2, 0.25) is 5.95 Å². The number of benzene rings is 1. The highest BCUT2D eigenvalue weighted by Crippen LogP contribution is 2.27. The van der Waals surface area contributed by atoms with Crippen LogP contribution in [-0.4, -0.2) is 35.5 Å². The van der Waals surface area contributed by atoms with Crippen molar-refractivity contribution in [3.05, 3.63) is 87.8 Å². The van der Waals surface area contributed by atoms with Gasteiger partial charge in [0.05, 0.1) is 29.1 Å². The van der Waals surface area contributed by atoms with Crippen molar-refractivity contribution in [3.8, 4) is 11.3 Å². The Bertz CT molecular complexity index is 1340. The maximum absolute atomic E-state index is 14.1. The fraction of sp³-hybridized carbons (Fsp3) is 0.217. The molecule has 0 fully saturated rings. The summed E-state index contributed by atoms with van der Waals surface area (Å²) < 4.78 is 17.2.